The van der Waals surface area contributed by atoms with E-state index in [1.807, 2.05) is 0 Å². The van der Waals surface area contributed by atoms with Crippen LogP contribution in [0.4, 0.5) is 10.5 Å². The number of carbonyl (C=O) groups is 3. The Kier molecular flexibility index (Phi) is 2.52. The number of aromatic nitrogens is 2. The Labute approximate surface area is 107 Å². The molecule has 0 aromatic carbocycles. The van der Waals surface area contributed by atoms with Crippen LogP contribution in [0.15, 0.2) is 24.4 Å². The second-order valence-electron chi connectivity index (χ2n) is 4.18. The van der Waals surface area contributed by atoms with Gasteiger partial charge in [-0.15, -0.1) is 0 Å². The molecule has 2 aromatic rings. The van der Waals surface area contributed by atoms with Gasteiger partial charge in [0.05, 0.1) is 11.7 Å². The number of fused-ring (bicyclic) bond motifs is 1. The molecule has 1 aliphatic heterocycles. The number of pyridine rings is 1. The summed E-state index contributed by atoms with van der Waals surface area (Å²) in [4.78, 5) is 35.4. The maximum absolute atomic E-state index is 11.8. The van der Waals surface area contributed by atoms with Gasteiger partial charge in [-0.3, -0.25) is 19.8 Å². The highest BCUT2D eigenvalue weighted by Gasteiger charge is 2.24. The molecule has 0 bridgehead atoms. The van der Waals surface area contributed by atoms with Crippen LogP contribution in [0, 0.1) is 0 Å². The fourth-order valence-corrected chi connectivity index (χ4v) is 2.09. The molecule has 3 rings (SSSR count). The van der Waals surface area contributed by atoms with Crippen LogP contribution in [-0.2, 0) is 4.79 Å². The molecule has 1 N–H and O–H groups in total. The highest BCUT2D eigenvalue weighted by molar-refractivity contribution is 6.06. The lowest BCUT2D eigenvalue weighted by Crippen LogP contribution is -2.49. The Balaban J connectivity index is 2.07. The maximum atomic E-state index is 11.8. The lowest BCUT2D eigenvalue weighted by atomic mass is 10.2. The molecule has 0 aliphatic carbocycles. The molecule has 3 amide bonds. The van der Waals surface area contributed by atoms with Gasteiger partial charge in [-0.1, -0.05) is 0 Å². The summed E-state index contributed by atoms with van der Waals surface area (Å²) in [6, 6.07) is 4.58. The summed E-state index contributed by atoms with van der Waals surface area (Å²) in [5.74, 6) is -0.290. The first-order chi connectivity index (χ1) is 9.19. The van der Waals surface area contributed by atoms with E-state index in [0.717, 1.165) is 0 Å². The van der Waals surface area contributed by atoms with Gasteiger partial charge in [-0.25, -0.2) is 9.31 Å². The zero-order valence-corrected chi connectivity index (χ0v) is 9.87. The zero-order valence-electron chi connectivity index (χ0n) is 9.87. The van der Waals surface area contributed by atoms with Crippen molar-refractivity contribution in [2.45, 2.75) is 6.42 Å². The summed E-state index contributed by atoms with van der Waals surface area (Å²) in [5, 5.41) is 6.26. The Morgan fingerprint density at radius 2 is 2.16 bits per heavy atom. The number of aldehydes is 1. The molecule has 19 heavy (non-hydrogen) atoms. The van der Waals surface area contributed by atoms with Crippen LogP contribution >= 0.6 is 0 Å². The first-order valence-corrected chi connectivity index (χ1v) is 5.73. The Bertz CT molecular complexity index is 691. The fourth-order valence-electron chi connectivity index (χ4n) is 2.09. The summed E-state index contributed by atoms with van der Waals surface area (Å²) in [6.45, 7) is 0.299. The second kappa shape index (κ2) is 4.20. The molecular formula is C12H10N4O3. The van der Waals surface area contributed by atoms with Gasteiger partial charge in [-0.05, 0) is 18.2 Å². The molecule has 0 saturated carbocycles. The van der Waals surface area contributed by atoms with Gasteiger partial charge < -0.3 is 0 Å². The molecule has 1 saturated heterocycles. The van der Waals surface area contributed by atoms with Crippen LogP contribution in [0.3, 0.4) is 0 Å². The van der Waals surface area contributed by atoms with Crippen molar-refractivity contribution in [1.29, 1.82) is 0 Å². The fraction of sp³-hybridized carbons (Fsp3) is 0.167. The number of nitrogens with zero attached hydrogens (tertiary/aromatic N) is 3. The number of nitrogens with one attached hydrogen (secondary N) is 1. The van der Waals surface area contributed by atoms with Crippen LogP contribution < -0.4 is 10.2 Å². The third-order valence-corrected chi connectivity index (χ3v) is 2.99. The predicted molar refractivity (Wildman–Crippen MR) is 66.1 cm³/mol. The van der Waals surface area contributed by atoms with E-state index in [1.54, 1.807) is 24.4 Å². The summed E-state index contributed by atoms with van der Waals surface area (Å²) < 4.78 is 1.49. The molecular weight excluding hydrogens is 248 g/mol. The monoisotopic (exact) mass is 258 g/mol. The number of urea groups is 1. The summed E-state index contributed by atoms with van der Waals surface area (Å²) >= 11 is 0. The third kappa shape index (κ3) is 1.85. The quantitative estimate of drug-likeness (QED) is 0.799. The SMILES string of the molecule is O=Cc1cc(N2CCC(=O)NC2=O)cc2ccnn12. The molecule has 7 heteroatoms. The van der Waals surface area contributed by atoms with Crippen molar-refractivity contribution in [3.63, 3.8) is 0 Å². The Morgan fingerprint density at radius 1 is 1.32 bits per heavy atom. The molecule has 96 valence electrons. The molecule has 7 nitrogen and oxygen atoms in total. The van der Waals surface area contributed by atoms with Gasteiger partial charge in [0, 0.05) is 18.7 Å². The number of hydrogen-bond donors (Lipinski definition) is 1. The molecule has 1 fully saturated rings. The van der Waals surface area contributed by atoms with Crippen LogP contribution in [0.2, 0.25) is 0 Å². The lowest BCUT2D eigenvalue weighted by molar-refractivity contribution is -0.120. The normalized spacial score (nSPS) is 15.7. The van der Waals surface area contributed by atoms with E-state index < -0.39 is 6.03 Å². The zero-order chi connectivity index (χ0) is 13.4. The largest absolute Gasteiger partial charge is 0.328 e. The van der Waals surface area contributed by atoms with Gasteiger partial charge in [0.1, 0.15) is 5.69 Å². The number of imide groups is 1. The number of rotatable bonds is 2. The average molecular weight is 258 g/mol. The van der Waals surface area contributed by atoms with Crippen LogP contribution in [-0.4, -0.2) is 34.4 Å². The van der Waals surface area contributed by atoms with Crippen molar-refractivity contribution >= 4 is 29.4 Å². The van der Waals surface area contributed by atoms with E-state index in [4.69, 9.17) is 0 Å². The molecule has 0 atom stereocenters. The third-order valence-electron chi connectivity index (χ3n) is 2.99. The lowest BCUT2D eigenvalue weighted by Gasteiger charge is -2.26. The summed E-state index contributed by atoms with van der Waals surface area (Å²) in [6.07, 6.45) is 2.50. The molecule has 2 aromatic heterocycles. The smallest absolute Gasteiger partial charge is 0.296 e. The van der Waals surface area contributed by atoms with Crippen molar-refractivity contribution in [2.75, 3.05) is 11.4 Å². The predicted octanol–water partition coefficient (Wildman–Crippen LogP) is 0.593. The van der Waals surface area contributed by atoms with Crippen molar-refractivity contribution in [3.8, 4) is 0 Å². The van der Waals surface area contributed by atoms with Crippen molar-refractivity contribution in [2.24, 2.45) is 0 Å². The molecule has 0 spiro atoms. The van der Waals surface area contributed by atoms with E-state index >= 15 is 0 Å². The highest BCUT2D eigenvalue weighted by atomic mass is 16.2. The minimum absolute atomic E-state index is 0.243. The number of anilines is 1. The average Bonchev–Trinajstić information content (AvgIpc) is 2.85. The Hall–Kier alpha value is -2.70. The maximum Gasteiger partial charge on any atom is 0.328 e. The second-order valence-corrected chi connectivity index (χ2v) is 4.18. The number of amides is 3. The molecule has 1 aliphatic rings. The summed E-state index contributed by atoms with van der Waals surface area (Å²) in [5.41, 5.74) is 1.63. The topological polar surface area (TPSA) is 83.8 Å². The van der Waals surface area contributed by atoms with Crippen molar-refractivity contribution < 1.29 is 14.4 Å². The van der Waals surface area contributed by atoms with E-state index in [-0.39, 0.29) is 12.3 Å². The van der Waals surface area contributed by atoms with Crippen LogP contribution in [0.1, 0.15) is 16.9 Å². The Morgan fingerprint density at radius 3 is 2.89 bits per heavy atom. The van der Waals surface area contributed by atoms with E-state index in [2.05, 4.69) is 10.4 Å². The van der Waals surface area contributed by atoms with Gasteiger partial charge in [0.2, 0.25) is 5.91 Å². The van der Waals surface area contributed by atoms with Gasteiger partial charge in [-0.2, -0.15) is 5.10 Å². The first kappa shape index (κ1) is 11.4. The number of hydrogen-bond acceptors (Lipinski definition) is 4. The van der Waals surface area contributed by atoms with Crippen LogP contribution in [0.25, 0.3) is 5.52 Å². The molecule has 0 radical (unpaired) electrons. The summed E-state index contributed by atoms with van der Waals surface area (Å²) in [7, 11) is 0. The van der Waals surface area contributed by atoms with E-state index in [0.29, 0.717) is 29.7 Å². The molecule has 3 heterocycles. The van der Waals surface area contributed by atoms with Gasteiger partial charge >= 0.3 is 6.03 Å². The van der Waals surface area contributed by atoms with Crippen LogP contribution in [0.5, 0.6) is 0 Å². The first-order valence-electron chi connectivity index (χ1n) is 5.73. The van der Waals surface area contributed by atoms with Gasteiger partial charge in [0.25, 0.3) is 0 Å². The van der Waals surface area contributed by atoms with Crippen molar-refractivity contribution in [3.05, 3.63) is 30.1 Å². The van der Waals surface area contributed by atoms with E-state index in [9.17, 15) is 14.4 Å². The highest BCUT2D eigenvalue weighted by Crippen LogP contribution is 2.21. The standard InChI is InChI=1S/C12H10N4O3/c17-7-10-6-9(5-8-1-3-13-16(8)10)15-4-2-11(18)14-12(15)19/h1,3,5-7H,2,4H2,(H,14,18,19). The number of carbonyl (C=O) groups excluding carboxylic acids is 3. The minimum atomic E-state index is -0.475. The molecule has 0 unspecified atom stereocenters. The minimum Gasteiger partial charge on any atom is -0.296 e. The van der Waals surface area contributed by atoms with E-state index in [1.165, 1.54) is 9.42 Å². The van der Waals surface area contributed by atoms with Gasteiger partial charge in [0.15, 0.2) is 6.29 Å². The van der Waals surface area contributed by atoms with Crippen molar-refractivity contribution in [1.82, 2.24) is 14.9 Å².